The molecule has 0 saturated heterocycles. The largest absolute Gasteiger partial charge is 0.480 e. The maximum Gasteiger partial charge on any atom is 0.466 e. The lowest BCUT2D eigenvalue weighted by atomic mass is 10.3. The summed E-state index contributed by atoms with van der Waals surface area (Å²) in [6.45, 7) is 0. The zero-order chi connectivity index (χ0) is 11.9. The molecule has 1 rings (SSSR count). The first-order chi connectivity index (χ1) is 6.88. The summed E-state index contributed by atoms with van der Waals surface area (Å²) in [5.74, 6) is 0.373. The molecule has 0 aromatic carbocycles. The Morgan fingerprint density at radius 1 is 1.47 bits per heavy atom. The number of phosphoric acid groups is 1. The summed E-state index contributed by atoms with van der Waals surface area (Å²) in [5, 5.41) is 0. The standard InChI is InChI=1S/C7H7NO2.H3O4P/c1-10-7-6(5-9)3-2-4-8-7;1-5(2,3)4/h2-5H,1H3;(H3,1,2,3,4). The highest BCUT2D eigenvalue weighted by atomic mass is 31.2. The summed E-state index contributed by atoms with van der Waals surface area (Å²) >= 11 is 0. The molecule has 84 valence electrons. The molecule has 7 nitrogen and oxygen atoms in total. The minimum absolute atomic E-state index is 0.373. The van der Waals surface area contributed by atoms with E-state index in [9.17, 15) is 4.79 Å². The van der Waals surface area contributed by atoms with Crippen molar-refractivity contribution in [3.05, 3.63) is 23.9 Å². The fourth-order valence-corrected chi connectivity index (χ4v) is 0.664. The van der Waals surface area contributed by atoms with Gasteiger partial charge in [0.15, 0.2) is 6.29 Å². The lowest BCUT2D eigenvalue weighted by Crippen LogP contribution is -1.91. The van der Waals surface area contributed by atoms with Crippen LogP contribution in [0.3, 0.4) is 0 Å². The van der Waals surface area contributed by atoms with Crippen molar-refractivity contribution in [2.75, 3.05) is 7.11 Å². The van der Waals surface area contributed by atoms with Gasteiger partial charge >= 0.3 is 7.82 Å². The minimum Gasteiger partial charge on any atom is -0.480 e. The number of hydrogen-bond acceptors (Lipinski definition) is 4. The van der Waals surface area contributed by atoms with E-state index < -0.39 is 7.82 Å². The molecule has 0 aliphatic heterocycles. The Balaban J connectivity index is 0.000000336. The zero-order valence-electron chi connectivity index (χ0n) is 7.77. The molecule has 0 atom stereocenters. The second kappa shape index (κ2) is 6.26. The first-order valence-electron chi connectivity index (χ1n) is 3.61. The van der Waals surface area contributed by atoms with E-state index in [-0.39, 0.29) is 0 Å². The Morgan fingerprint density at radius 3 is 2.33 bits per heavy atom. The highest BCUT2D eigenvalue weighted by Gasteiger charge is 2.00. The Hall–Kier alpha value is -1.27. The van der Waals surface area contributed by atoms with Gasteiger partial charge in [0.2, 0.25) is 5.88 Å². The van der Waals surface area contributed by atoms with Gasteiger partial charge in [-0.15, -0.1) is 0 Å². The molecule has 3 N–H and O–H groups in total. The van der Waals surface area contributed by atoms with Crippen molar-refractivity contribution in [3.8, 4) is 5.88 Å². The molecule has 0 aliphatic rings. The Labute approximate surface area is 85.6 Å². The van der Waals surface area contributed by atoms with E-state index in [4.69, 9.17) is 24.0 Å². The van der Waals surface area contributed by atoms with Crippen LogP contribution in [0.2, 0.25) is 0 Å². The lowest BCUT2D eigenvalue weighted by Gasteiger charge is -1.98. The van der Waals surface area contributed by atoms with Gasteiger partial charge in [0.25, 0.3) is 0 Å². The first kappa shape index (κ1) is 13.7. The summed E-state index contributed by atoms with van der Waals surface area (Å²) in [6.07, 6.45) is 2.29. The average molecular weight is 235 g/mol. The van der Waals surface area contributed by atoms with Gasteiger partial charge in [-0.1, -0.05) is 0 Å². The van der Waals surface area contributed by atoms with Crippen molar-refractivity contribution in [1.82, 2.24) is 4.98 Å². The van der Waals surface area contributed by atoms with Crippen LogP contribution < -0.4 is 4.74 Å². The topological polar surface area (TPSA) is 117 Å². The maximum atomic E-state index is 10.3. The molecular formula is C7H10NO6P. The number of hydrogen-bond donors (Lipinski definition) is 3. The molecule has 0 unspecified atom stereocenters. The minimum atomic E-state index is -4.64. The quantitative estimate of drug-likeness (QED) is 0.486. The van der Waals surface area contributed by atoms with Crippen LogP contribution in [0.1, 0.15) is 10.4 Å². The van der Waals surface area contributed by atoms with Crippen molar-refractivity contribution >= 4 is 14.1 Å². The van der Waals surface area contributed by atoms with Gasteiger partial charge in [-0.05, 0) is 12.1 Å². The van der Waals surface area contributed by atoms with Crippen LogP contribution in [0, 0.1) is 0 Å². The second-order valence-electron chi connectivity index (χ2n) is 2.23. The molecule has 1 heterocycles. The van der Waals surface area contributed by atoms with Crippen molar-refractivity contribution in [2.24, 2.45) is 0 Å². The monoisotopic (exact) mass is 235 g/mol. The van der Waals surface area contributed by atoms with Gasteiger partial charge < -0.3 is 19.4 Å². The van der Waals surface area contributed by atoms with Gasteiger partial charge in [-0.3, -0.25) is 4.79 Å². The fourth-order valence-electron chi connectivity index (χ4n) is 0.664. The Morgan fingerprint density at radius 2 is 2.00 bits per heavy atom. The molecule has 0 amide bonds. The molecule has 15 heavy (non-hydrogen) atoms. The third-order valence-electron chi connectivity index (χ3n) is 1.12. The van der Waals surface area contributed by atoms with E-state index in [2.05, 4.69) is 4.98 Å². The summed E-state index contributed by atoms with van der Waals surface area (Å²) in [7, 11) is -3.16. The normalized spacial score (nSPS) is 9.87. The number of aldehydes is 1. The maximum absolute atomic E-state index is 10.3. The molecule has 0 aliphatic carbocycles. The Kier molecular flexibility index (Phi) is 5.73. The molecular weight excluding hydrogens is 225 g/mol. The lowest BCUT2D eigenvalue weighted by molar-refractivity contribution is 0.112. The summed E-state index contributed by atoms with van der Waals surface area (Å²) in [6, 6.07) is 3.34. The molecule has 0 fully saturated rings. The number of aromatic nitrogens is 1. The van der Waals surface area contributed by atoms with E-state index in [1.807, 2.05) is 0 Å². The van der Waals surface area contributed by atoms with E-state index in [1.165, 1.54) is 7.11 Å². The molecule has 8 heteroatoms. The molecule has 1 aromatic heterocycles. The number of carbonyl (C=O) groups is 1. The van der Waals surface area contributed by atoms with Crippen molar-refractivity contribution < 1.29 is 28.8 Å². The highest BCUT2D eigenvalue weighted by Crippen LogP contribution is 2.25. The fraction of sp³-hybridized carbons (Fsp3) is 0.143. The predicted octanol–water partition coefficient (Wildman–Crippen LogP) is -0.0259. The second-order valence-corrected chi connectivity index (χ2v) is 3.26. The Bertz CT molecular complexity index is 354. The van der Waals surface area contributed by atoms with E-state index >= 15 is 0 Å². The van der Waals surface area contributed by atoms with Crippen LogP contribution in [0.5, 0.6) is 5.88 Å². The number of nitrogens with zero attached hydrogens (tertiary/aromatic N) is 1. The van der Waals surface area contributed by atoms with Crippen LogP contribution in [-0.4, -0.2) is 33.1 Å². The summed E-state index contributed by atoms with van der Waals surface area (Å²) in [4.78, 5) is 35.6. The van der Waals surface area contributed by atoms with Crippen LogP contribution >= 0.6 is 7.82 Å². The van der Waals surface area contributed by atoms with E-state index in [0.29, 0.717) is 17.7 Å². The predicted molar refractivity (Wildman–Crippen MR) is 50.4 cm³/mol. The number of carbonyl (C=O) groups excluding carboxylic acids is 1. The molecule has 0 spiro atoms. The van der Waals surface area contributed by atoms with Gasteiger partial charge in [-0.2, -0.15) is 0 Å². The summed E-state index contributed by atoms with van der Waals surface area (Å²) in [5.41, 5.74) is 0.477. The first-order valence-corrected chi connectivity index (χ1v) is 5.17. The zero-order valence-corrected chi connectivity index (χ0v) is 8.66. The van der Waals surface area contributed by atoms with Gasteiger partial charge in [0.1, 0.15) is 0 Å². The van der Waals surface area contributed by atoms with Crippen LogP contribution in [0.25, 0.3) is 0 Å². The number of ether oxygens (including phenoxy) is 1. The summed E-state index contributed by atoms with van der Waals surface area (Å²) < 4.78 is 13.7. The molecule has 1 aromatic rings. The molecule has 0 bridgehead atoms. The van der Waals surface area contributed by atoms with E-state index in [0.717, 1.165) is 0 Å². The average Bonchev–Trinajstić information content (AvgIpc) is 2.15. The third kappa shape index (κ3) is 7.77. The molecule has 0 saturated carbocycles. The number of rotatable bonds is 2. The SMILES string of the molecule is COc1ncccc1C=O.O=P(O)(O)O. The van der Waals surface area contributed by atoms with Crippen LogP contribution in [0.15, 0.2) is 18.3 Å². The molecule has 0 radical (unpaired) electrons. The van der Waals surface area contributed by atoms with Crippen molar-refractivity contribution in [2.45, 2.75) is 0 Å². The number of methoxy groups -OCH3 is 1. The smallest absolute Gasteiger partial charge is 0.466 e. The van der Waals surface area contributed by atoms with Crippen molar-refractivity contribution in [1.29, 1.82) is 0 Å². The van der Waals surface area contributed by atoms with Gasteiger partial charge in [0, 0.05) is 6.20 Å². The van der Waals surface area contributed by atoms with Crippen molar-refractivity contribution in [3.63, 3.8) is 0 Å². The van der Waals surface area contributed by atoms with Crippen LogP contribution in [-0.2, 0) is 4.57 Å². The van der Waals surface area contributed by atoms with Gasteiger partial charge in [0.05, 0.1) is 12.7 Å². The highest BCUT2D eigenvalue weighted by molar-refractivity contribution is 7.45. The third-order valence-corrected chi connectivity index (χ3v) is 1.12. The van der Waals surface area contributed by atoms with Gasteiger partial charge in [-0.25, -0.2) is 9.55 Å². The number of pyridine rings is 1. The van der Waals surface area contributed by atoms with Crippen LogP contribution in [0.4, 0.5) is 0 Å². The van der Waals surface area contributed by atoms with E-state index in [1.54, 1.807) is 18.3 Å².